The summed E-state index contributed by atoms with van der Waals surface area (Å²) in [6.07, 6.45) is 5.41. The largest absolute Gasteiger partial charge is 0.464 e. The molecule has 0 amide bonds. The molecule has 0 aromatic rings. The lowest BCUT2D eigenvalue weighted by Crippen LogP contribution is -2.49. The number of esters is 2. The Balaban J connectivity index is 1.27. The van der Waals surface area contributed by atoms with E-state index in [-0.39, 0.29) is 48.6 Å². The van der Waals surface area contributed by atoms with Crippen LogP contribution in [0.25, 0.3) is 0 Å². The Hall–Kier alpha value is -1.21. The van der Waals surface area contributed by atoms with Gasteiger partial charge in [-0.25, -0.2) is 9.82 Å². The highest BCUT2D eigenvalue weighted by molar-refractivity contribution is 5.76. The quantitative estimate of drug-likeness (QED) is 0.694. The summed E-state index contributed by atoms with van der Waals surface area (Å²) in [4.78, 5) is 24.7. The summed E-state index contributed by atoms with van der Waals surface area (Å²) in [5.41, 5.74) is 6.30. The lowest BCUT2D eigenvalue weighted by molar-refractivity contribution is -0.179. The van der Waals surface area contributed by atoms with Crippen LogP contribution in [0.1, 0.15) is 65.2 Å². The number of hydrogen-bond donors (Lipinski definition) is 2. The van der Waals surface area contributed by atoms with E-state index in [2.05, 4.69) is 24.7 Å². The molecule has 0 spiro atoms. The summed E-state index contributed by atoms with van der Waals surface area (Å²) in [7, 11) is 0. The van der Waals surface area contributed by atoms with Crippen LogP contribution in [-0.4, -0.2) is 42.9 Å². The molecule has 4 aliphatic rings. The van der Waals surface area contributed by atoms with E-state index >= 15 is 0 Å². The zero-order valence-electron chi connectivity index (χ0n) is 17.6. The molecule has 2 N–H and O–H groups in total. The molecule has 4 rings (SSSR count). The normalized spacial score (nSPS) is 45.3. The molecule has 0 bridgehead atoms. The third-order valence-electron chi connectivity index (χ3n) is 8.02. The van der Waals surface area contributed by atoms with Crippen LogP contribution in [0.2, 0.25) is 0 Å². The first-order valence-electron chi connectivity index (χ1n) is 11.4. The highest BCUT2D eigenvalue weighted by Gasteiger charge is 2.46. The van der Waals surface area contributed by atoms with Gasteiger partial charge in [-0.3, -0.25) is 15.0 Å². The highest BCUT2D eigenvalue weighted by Crippen LogP contribution is 2.43. The zero-order chi connectivity index (χ0) is 20.5. The van der Waals surface area contributed by atoms with Gasteiger partial charge in [0.15, 0.2) is 0 Å². The number of carbonyl (C=O) groups is 2. The lowest BCUT2D eigenvalue weighted by Gasteiger charge is -2.45. The van der Waals surface area contributed by atoms with Gasteiger partial charge in [-0.15, -0.1) is 0 Å². The third-order valence-corrected chi connectivity index (χ3v) is 8.02. The number of carbonyl (C=O) groups excluding carboxylic acids is 2. The van der Waals surface area contributed by atoms with Crippen molar-refractivity contribution in [2.24, 2.45) is 29.6 Å². The van der Waals surface area contributed by atoms with E-state index in [9.17, 15) is 14.0 Å². The van der Waals surface area contributed by atoms with Crippen molar-refractivity contribution >= 4 is 11.9 Å². The van der Waals surface area contributed by atoms with E-state index < -0.39 is 6.17 Å². The Morgan fingerprint density at radius 2 is 1.90 bits per heavy atom. The number of nitrogens with one attached hydrogen (secondary N) is 2. The van der Waals surface area contributed by atoms with E-state index in [0.717, 1.165) is 25.7 Å². The second-order valence-corrected chi connectivity index (χ2v) is 9.82. The minimum atomic E-state index is -0.669. The van der Waals surface area contributed by atoms with E-state index in [1.807, 2.05) is 0 Å². The van der Waals surface area contributed by atoms with Gasteiger partial charge in [0.2, 0.25) is 0 Å². The molecule has 0 aromatic carbocycles. The van der Waals surface area contributed by atoms with Gasteiger partial charge in [-0.1, -0.05) is 13.8 Å². The van der Waals surface area contributed by atoms with Gasteiger partial charge in [0, 0.05) is 17.9 Å². The van der Waals surface area contributed by atoms with Crippen molar-refractivity contribution in [2.75, 3.05) is 6.61 Å². The standard InChI is InChI=1S/C22H35FN2O4/c1-12-3-8-17-15(9-20(26)29-21(17)13(12)2)11-28-22(27)19-10-18(24-25-19)14-4-6-16(23)7-5-14/h12-19,21,24-25H,3-11H2,1-2H3. The van der Waals surface area contributed by atoms with Gasteiger partial charge in [0.25, 0.3) is 0 Å². The molecule has 2 saturated carbocycles. The van der Waals surface area contributed by atoms with E-state index in [1.54, 1.807) is 0 Å². The Labute approximate surface area is 172 Å². The van der Waals surface area contributed by atoms with E-state index in [1.165, 1.54) is 0 Å². The number of ether oxygens (including phenoxy) is 2. The maximum absolute atomic E-state index is 13.4. The fourth-order valence-electron chi connectivity index (χ4n) is 5.86. The number of alkyl halides is 1. The molecule has 2 saturated heterocycles. The highest BCUT2D eigenvalue weighted by atomic mass is 19.1. The number of hydrazine groups is 1. The summed E-state index contributed by atoms with van der Waals surface area (Å²) < 4.78 is 24.7. The van der Waals surface area contributed by atoms with Crippen LogP contribution in [0.4, 0.5) is 4.39 Å². The fraction of sp³-hybridized carbons (Fsp3) is 0.909. The van der Waals surface area contributed by atoms with Crippen molar-refractivity contribution in [1.29, 1.82) is 0 Å². The molecule has 2 aliphatic carbocycles. The van der Waals surface area contributed by atoms with Gasteiger partial charge in [0.1, 0.15) is 18.3 Å². The molecule has 164 valence electrons. The number of halogens is 1. The van der Waals surface area contributed by atoms with Gasteiger partial charge in [-0.2, -0.15) is 0 Å². The average molecular weight is 411 g/mol. The van der Waals surface area contributed by atoms with Gasteiger partial charge in [-0.05, 0) is 62.7 Å². The van der Waals surface area contributed by atoms with Crippen LogP contribution in [0, 0.1) is 29.6 Å². The molecule has 7 unspecified atom stereocenters. The predicted octanol–water partition coefficient (Wildman–Crippen LogP) is 2.91. The molecule has 7 heteroatoms. The first-order valence-corrected chi connectivity index (χ1v) is 11.4. The number of fused-ring (bicyclic) bond motifs is 1. The van der Waals surface area contributed by atoms with Gasteiger partial charge >= 0.3 is 11.9 Å². The molecule has 7 atom stereocenters. The molecule has 4 fully saturated rings. The average Bonchev–Trinajstić information content (AvgIpc) is 3.20. The topological polar surface area (TPSA) is 76.7 Å². The summed E-state index contributed by atoms with van der Waals surface area (Å²) >= 11 is 0. The summed E-state index contributed by atoms with van der Waals surface area (Å²) in [6, 6.07) is -0.186. The molecule has 2 aliphatic heterocycles. The second kappa shape index (κ2) is 8.88. The number of rotatable bonds is 4. The SMILES string of the molecule is CC1CCC2C(COC(=O)C3CC(C4CCC(F)CC4)NN3)CC(=O)OC2C1C. The second-order valence-electron chi connectivity index (χ2n) is 9.82. The molecule has 0 aromatic heterocycles. The molecule has 0 radical (unpaired) electrons. The number of hydrogen-bond acceptors (Lipinski definition) is 6. The lowest BCUT2D eigenvalue weighted by atomic mass is 9.67. The Morgan fingerprint density at radius 3 is 2.66 bits per heavy atom. The van der Waals surface area contributed by atoms with Crippen LogP contribution in [0.3, 0.4) is 0 Å². The van der Waals surface area contributed by atoms with Crippen LogP contribution in [0.5, 0.6) is 0 Å². The first-order chi connectivity index (χ1) is 13.9. The van der Waals surface area contributed by atoms with Gasteiger partial charge in [0.05, 0.1) is 13.0 Å². The molecule has 29 heavy (non-hydrogen) atoms. The minimum Gasteiger partial charge on any atom is -0.464 e. The fourth-order valence-corrected chi connectivity index (χ4v) is 5.86. The van der Waals surface area contributed by atoms with Crippen LogP contribution in [0.15, 0.2) is 0 Å². The van der Waals surface area contributed by atoms with Crippen molar-refractivity contribution in [3.05, 3.63) is 0 Å². The summed E-state index contributed by atoms with van der Waals surface area (Å²) in [5.74, 6) is 1.20. The molecule has 2 heterocycles. The minimum absolute atomic E-state index is 0.0464. The van der Waals surface area contributed by atoms with Crippen molar-refractivity contribution in [3.8, 4) is 0 Å². The Bertz CT molecular complexity index is 610. The zero-order valence-corrected chi connectivity index (χ0v) is 17.6. The van der Waals surface area contributed by atoms with E-state index in [4.69, 9.17) is 9.47 Å². The van der Waals surface area contributed by atoms with Crippen LogP contribution in [-0.2, 0) is 19.1 Å². The Kier molecular flexibility index (Phi) is 6.44. The van der Waals surface area contributed by atoms with Crippen molar-refractivity contribution in [1.82, 2.24) is 10.9 Å². The summed E-state index contributed by atoms with van der Waals surface area (Å²) in [5, 5.41) is 0. The monoisotopic (exact) mass is 410 g/mol. The van der Waals surface area contributed by atoms with Crippen molar-refractivity contribution < 1.29 is 23.5 Å². The van der Waals surface area contributed by atoms with Crippen molar-refractivity contribution in [3.63, 3.8) is 0 Å². The van der Waals surface area contributed by atoms with Crippen LogP contribution < -0.4 is 10.9 Å². The predicted molar refractivity (Wildman–Crippen MR) is 105 cm³/mol. The van der Waals surface area contributed by atoms with Gasteiger partial charge < -0.3 is 9.47 Å². The first kappa shape index (κ1) is 21.0. The smallest absolute Gasteiger partial charge is 0.324 e. The van der Waals surface area contributed by atoms with E-state index in [0.29, 0.717) is 43.4 Å². The molecule has 6 nitrogen and oxygen atoms in total. The summed E-state index contributed by atoms with van der Waals surface area (Å²) in [6.45, 7) is 4.66. The maximum Gasteiger partial charge on any atom is 0.324 e. The maximum atomic E-state index is 13.4. The Morgan fingerprint density at radius 1 is 1.14 bits per heavy atom. The molecular weight excluding hydrogens is 375 g/mol. The van der Waals surface area contributed by atoms with Crippen molar-refractivity contribution in [2.45, 2.75) is 89.6 Å². The third kappa shape index (κ3) is 4.61. The van der Waals surface area contributed by atoms with Crippen LogP contribution >= 0.6 is 0 Å². The molecular formula is C22H35FN2O4.